The molecule has 0 radical (unpaired) electrons. The molecule has 1 N–H and O–H groups in total. The molecular weight excluding hydrogens is 444 g/mol. The van der Waals surface area contributed by atoms with Crippen molar-refractivity contribution in [2.45, 2.75) is 51.0 Å². The summed E-state index contributed by atoms with van der Waals surface area (Å²) in [7, 11) is 0. The molecule has 3 saturated heterocycles. The van der Waals surface area contributed by atoms with Crippen LogP contribution in [0.15, 0.2) is 24.4 Å². The third kappa shape index (κ3) is 4.87. The van der Waals surface area contributed by atoms with Gasteiger partial charge in [0, 0.05) is 52.0 Å². The summed E-state index contributed by atoms with van der Waals surface area (Å²) < 4.78 is 0. The highest BCUT2D eigenvalue weighted by Crippen LogP contribution is 2.38. The number of pyridine rings is 1. The zero-order chi connectivity index (χ0) is 24.4. The molecule has 4 fully saturated rings. The number of hydrogen-bond acceptors (Lipinski definition) is 6. The molecule has 1 saturated carbocycles. The van der Waals surface area contributed by atoms with Gasteiger partial charge in [0.1, 0.15) is 17.9 Å². The standard InChI is InChI=1S/C26H38N6O3/c1-20-7-2-4-10-26(20)24(34)32(25(35)28-26)19-23(33)31-12-6-8-21(18-31)17-29-13-15-30(16-14-29)22-9-3-5-11-27-22/h3,5,9,11,20-21H,2,4,6-8,10,12-19H2,1H3,(H,28,35). The Morgan fingerprint density at radius 3 is 2.66 bits per heavy atom. The van der Waals surface area contributed by atoms with Gasteiger partial charge in [-0.3, -0.25) is 19.4 Å². The Kier molecular flexibility index (Phi) is 6.95. The Morgan fingerprint density at radius 2 is 1.91 bits per heavy atom. The molecule has 3 aliphatic heterocycles. The molecule has 1 aromatic heterocycles. The van der Waals surface area contributed by atoms with E-state index in [1.165, 1.54) is 4.90 Å². The topological polar surface area (TPSA) is 89.1 Å². The quantitative estimate of drug-likeness (QED) is 0.646. The lowest BCUT2D eigenvalue weighted by Crippen LogP contribution is -2.54. The molecule has 3 atom stereocenters. The molecule has 0 aromatic carbocycles. The van der Waals surface area contributed by atoms with Crippen LogP contribution < -0.4 is 10.2 Å². The summed E-state index contributed by atoms with van der Waals surface area (Å²) in [6.07, 6.45) is 7.52. The van der Waals surface area contributed by atoms with E-state index in [1.54, 1.807) is 0 Å². The van der Waals surface area contributed by atoms with E-state index in [1.807, 2.05) is 30.2 Å². The van der Waals surface area contributed by atoms with E-state index < -0.39 is 11.6 Å². The van der Waals surface area contributed by atoms with Gasteiger partial charge in [0.25, 0.3) is 5.91 Å². The Balaban J connectivity index is 1.12. The highest BCUT2D eigenvalue weighted by Gasteiger charge is 2.55. The number of piperazine rings is 1. The number of imide groups is 1. The number of hydrogen-bond donors (Lipinski definition) is 1. The van der Waals surface area contributed by atoms with E-state index >= 15 is 0 Å². The Bertz CT molecular complexity index is 934. The molecule has 1 spiro atoms. The summed E-state index contributed by atoms with van der Waals surface area (Å²) in [6.45, 7) is 8.16. The minimum atomic E-state index is -0.808. The number of carbonyl (C=O) groups is 3. The van der Waals surface area contributed by atoms with Crippen LogP contribution in [0.3, 0.4) is 0 Å². The number of anilines is 1. The number of urea groups is 1. The maximum atomic E-state index is 13.2. The summed E-state index contributed by atoms with van der Waals surface area (Å²) in [6, 6.07) is 5.62. The first-order valence-electron chi connectivity index (χ1n) is 13.3. The van der Waals surface area contributed by atoms with Gasteiger partial charge >= 0.3 is 6.03 Å². The molecule has 9 nitrogen and oxygen atoms in total. The first-order chi connectivity index (χ1) is 17.0. The van der Waals surface area contributed by atoms with Gasteiger partial charge in [-0.15, -0.1) is 0 Å². The highest BCUT2D eigenvalue weighted by atomic mass is 16.2. The Hall–Kier alpha value is -2.68. The number of piperidine rings is 1. The molecule has 4 heterocycles. The molecule has 190 valence electrons. The second kappa shape index (κ2) is 10.1. The number of carbonyl (C=O) groups excluding carboxylic acids is 3. The first kappa shape index (κ1) is 24.0. The van der Waals surface area contributed by atoms with E-state index in [4.69, 9.17) is 0 Å². The number of nitrogens with zero attached hydrogens (tertiary/aromatic N) is 5. The smallest absolute Gasteiger partial charge is 0.325 e. The lowest BCUT2D eigenvalue weighted by Gasteiger charge is -2.40. The summed E-state index contributed by atoms with van der Waals surface area (Å²) in [5, 5.41) is 2.96. The molecule has 9 heteroatoms. The zero-order valence-electron chi connectivity index (χ0n) is 20.8. The van der Waals surface area contributed by atoms with Gasteiger partial charge in [-0.05, 0) is 49.7 Å². The van der Waals surface area contributed by atoms with Crippen molar-refractivity contribution < 1.29 is 14.4 Å². The Morgan fingerprint density at radius 1 is 1.09 bits per heavy atom. The fraction of sp³-hybridized carbons (Fsp3) is 0.692. The fourth-order valence-electron chi connectivity index (χ4n) is 6.38. The first-order valence-corrected chi connectivity index (χ1v) is 13.3. The molecular formula is C26H38N6O3. The molecule has 3 unspecified atom stereocenters. The van der Waals surface area contributed by atoms with Crippen LogP contribution in [0.25, 0.3) is 0 Å². The Labute approximate surface area is 207 Å². The van der Waals surface area contributed by atoms with Crippen LogP contribution in [0.4, 0.5) is 10.6 Å². The zero-order valence-corrected chi connectivity index (χ0v) is 20.8. The largest absolute Gasteiger partial charge is 0.354 e. The van der Waals surface area contributed by atoms with Gasteiger partial charge in [0.05, 0.1) is 0 Å². The molecule has 4 aliphatic rings. The number of likely N-dealkylation sites (tertiary alicyclic amines) is 1. The third-order valence-electron chi connectivity index (χ3n) is 8.53. The molecule has 1 aliphatic carbocycles. The van der Waals surface area contributed by atoms with Crippen molar-refractivity contribution in [1.29, 1.82) is 0 Å². The van der Waals surface area contributed by atoms with E-state index in [-0.39, 0.29) is 24.3 Å². The van der Waals surface area contributed by atoms with Gasteiger partial charge in [-0.25, -0.2) is 9.78 Å². The van der Waals surface area contributed by atoms with Crippen LogP contribution in [0.1, 0.15) is 45.4 Å². The summed E-state index contributed by atoms with van der Waals surface area (Å²) in [5.74, 6) is 1.24. The minimum absolute atomic E-state index is 0.102. The van der Waals surface area contributed by atoms with Crippen LogP contribution in [0, 0.1) is 11.8 Å². The van der Waals surface area contributed by atoms with Crippen molar-refractivity contribution in [3.05, 3.63) is 24.4 Å². The predicted molar refractivity (Wildman–Crippen MR) is 133 cm³/mol. The van der Waals surface area contributed by atoms with Crippen LogP contribution in [0.2, 0.25) is 0 Å². The molecule has 4 amide bonds. The maximum Gasteiger partial charge on any atom is 0.325 e. The number of aromatic nitrogens is 1. The van der Waals surface area contributed by atoms with E-state index in [0.29, 0.717) is 25.4 Å². The fourth-order valence-corrected chi connectivity index (χ4v) is 6.38. The van der Waals surface area contributed by atoms with E-state index in [9.17, 15) is 14.4 Å². The highest BCUT2D eigenvalue weighted by molar-refractivity contribution is 6.09. The second-order valence-corrected chi connectivity index (χ2v) is 10.8. The number of amides is 4. The molecule has 35 heavy (non-hydrogen) atoms. The summed E-state index contributed by atoms with van der Waals surface area (Å²) >= 11 is 0. The van der Waals surface area contributed by atoms with Crippen LogP contribution in [0.5, 0.6) is 0 Å². The number of nitrogens with one attached hydrogen (secondary N) is 1. The van der Waals surface area contributed by atoms with Gasteiger partial charge in [-0.1, -0.05) is 25.8 Å². The minimum Gasteiger partial charge on any atom is -0.354 e. The lowest BCUT2D eigenvalue weighted by molar-refractivity contribution is -0.141. The summed E-state index contributed by atoms with van der Waals surface area (Å²) in [4.78, 5) is 51.4. The predicted octanol–water partition coefficient (Wildman–Crippen LogP) is 1.94. The van der Waals surface area contributed by atoms with E-state index in [0.717, 1.165) is 70.6 Å². The van der Waals surface area contributed by atoms with Crippen LogP contribution in [-0.2, 0) is 9.59 Å². The van der Waals surface area contributed by atoms with Gasteiger partial charge in [0.15, 0.2) is 0 Å². The molecule has 5 rings (SSSR count). The monoisotopic (exact) mass is 482 g/mol. The van der Waals surface area contributed by atoms with Crippen LogP contribution in [-0.4, -0.2) is 95.4 Å². The van der Waals surface area contributed by atoms with Gasteiger partial charge < -0.3 is 15.1 Å². The summed E-state index contributed by atoms with van der Waals surface area (Å²) in [5.41, 5.74) is -0.808. The maximum absolute atomic E-state index is 13.2. The van der Waals surface area contributed by atoms with Gasteiger partial charge in [-0.2, -0.15) is 0 Å². The van der Waals surface area contributed by atoms with Crippen molar-refractivity contribution in [2.75, 3.05) is 57.3 Å². The molecule has 1 aromatic rings. The molecule has 0 bridgehead atoms. The van der Waals surface area contributed by atoms with Crippen molar-refractivity contribution in [3.8, 4) is 0 Å². The van der Waals surface area contributed by atoms with Crippen molar-refractivity contribution in [1.82, 2.24) is 25.0 Å². The van der Waals surface area contributed by atoms with Crippen molar-refractivity contribution in [3.63, 3.8) is 0 Å². The third-order valence-corrected chi connectivity index (χ3v) is 8.53. The number of rotatable bonds is 5. The second-order valence-electron chi connectivity index (χ2n) is 10.8. The van der Waals surface area contributed by atoms with Crippen LogP contribution >= 0.6 is 0 Å². The van der Waals surface area contributed by atoms with E-state index in [2.05, 4.69) is 26.2 Å². The lowest BCUT2D eigenvalue weighted by atomic mass is 9.73. The van der Waals surface area contributed by atoms with Crippen molar-refractivity contribution >= 4 is 23.7 Å². The average Bonchev–Trinajstić information content (AvgIpc) is 3.12. The normalized spacial score (nSPS) is 30.1. The SMILES string of the molecule is CC1CCCCC12NC(=O)N(CC(=O)N1CCCC(CN3CCN(c4ccccn4)CC3)C1)C2=O. The van der Waals surface area contributed by atoms with Gasteiger partial charge in [0.2, 0.25) is 5.91 Å². The van der Waals surface area contributed by atoms with Crippen molar-refractivity contribution in [2.24, 2.45) is 11.8 Å². The average molecular weight is 483 g/mol.